The second-order valence-electron chi connectivity index (χ2n) is 3.99. The number of aromatic nitrogens is 2. The highest BCUT2D eigenvalue weighted by Crippen LogP contribution is 2.28. The number of carboxylic acid groups (broad SMARTS) is 1. The molecule has 1 heterocycles. The number of carbonyl (C=O) groups is 1. The summed E-state index contributed by atoms with van der Waals surface area (Å²) in [5.41, 5.74) is 1.67. The van der Waals surface area contributed by atoms with Crippen LogP contribution in [0.5, 0.6) is 0 Å². The molecule has 1 aromatic heterocycles. The molecule has 6 heteroatoms. The third kappa shape index (κ3) is 3.48. The number of benzene rings is 1. The highest BCUT2D eigenvalue weighted by atomic mass is 32.2. The lowest BCUT2D eigenvalue weighted by Crippen LogP contribution is -2.09. The van der Waals surface area contributed by atoms with Gasteiger partial charge >= 0.3 is 5.97 Å². The fourth-order valence-electron chi connectivity index (χ4n) is 1.79. The van der Waals surface area contributed by atoms with Gasteiger partial charge in [0.25, 0.3) is 0 Å². The number of anilines is 1. The van der Waals surface area contributed by atoms with Gasteiger partial charge < -0.3 is 10.4 Å². The fourth-order valence-corrected chi connectivity index (χ4v) is 2.62. The average molecular weight is 289 g/mol. The second kappa shape index (κ2) is 6.91. The second-order valence-corrected chi connectivity index (χ2v) is 5.29. The molecule has 0 radical (unpaired) electrons. The molecule has 5 nitrogen and oxygen atoms in total. The van der Waals surface area contributed by atoms with Gasteiger partial charge in [-0.25, -0.2) is 4.79 Å². The quantitative estimate of drug-likeness (QED) is 0.796. The Morgan fingerprint density at radius 2 is 2.20 bits per heavy atom. The van der Waals surface area contributed by atoms with E-state index < -0.39 is 5.97 Å². The summed E-state index contributed by atoms with van der Waals surface area (Å²) in [5, 5.41) is 20.3. The Labute approximate surface area is 121 Å². The van der Waals surface area contributed by atoms with E-state index in [1.807, 2.05) is 25.1 Å². The van der Waals surface area contributed by atoms with Crippen molar-refractivity contribution in [3.05, 3.63) is 47.8 Å². The molecule has 20 heavy (non-hydrogen) atoms. The van der Waals surface area contributed by atoms with Crippen LogP contribution in [0.25, 0.3) is 0 Å². The molecule has 2 aromatic rings. The molecule has 0 spiro atoms. The van der Waals surface area contributed by atoms with Crippen LogP contribution in [0, 0.1) is 0 Å². The lowest BCUT2D eigenvalue weighted by Gasteiger charge is -2.12. The van der Waals surface area contributed by atoms with Gasteiger partial charge in [0, 0.05) is 11.1 Å². The summed E-state index contributed by atoms with van der Waals surface area (Å²) in [7, 11) is 0. The minimum Gasteiger partial charge on any atom is -0.478 e. The maximum absolute atomic E-state index is 11.4. The first-order chi connectivity index (χ1) is 9.72. The number of hydrogen-bond acceptors (Lipinski definition) is 5. The van der Waals surface area contributed by atoms with Gasteiger partial charge in [0.2, 0.25) is 0 Å². The van der Waals surface area contributed by atoms with Gasteiger partial charge in [-0.3, -0.25) is 0 Å². The van der Waals surface area contributed by atoms with E-state index in [1.165, 1.54) is 11.8 Å². The van der Waals surface area contributed by atoms with Gasteiger partial charge in [-0.15, -0.1) is 11.8 Å². The lowest BCUT2D eigenvalue weighted by atomic mass is 10.1. The van der Waals surface area contributed by atoms with E-state index in [1.54, 1.807) is 18.3 Å². The summed E-state index contributed by atoms with van der Waals surface area (Å²) in [5.74, 6) is -0.100. The van der Waals surface area contributed by atoms with E-state index in [0.717, 1.165) is 16.3 Å². The molecule has 0 aliphatic heterocycles. The molecule has 0 aliphatic carbocycles. The van der Waals surface area contributed by atoms with E-state index in [4.69, 9.17) is 0 Å². The van der Waals surface area contributed by atoms with Crippen molar-refractivity contribution in [1.82, 2.24) is 10.2 Å². The molecule has 104 valence electrons. The van der Waals surface area contributed by atoms with Crippen LogP contribution in [0.1, 0.15) is 23.0 Å². The van der Waals surface area contributed by atoms with Gasteiger partial charge in [-0.2, -0.15) is 10.2 Å². The third-order valence-corrected chi connectivity index (χ3v) is 3.57. The van der Waals surface area contributed by atoms with Crippen molar-refractivity contribution in [2.45, 2.75) is 18.4 Å². The van der Waals surface area contributed by atoms with Gasteiger partial charge in [0.1, 0.15) is 0 Å². The zero-order chi connectivity index (χ0) is 14.4. The van der Waals surface area contributed by atoms with Crippen LogP contribution < -0.4 is 5.32 Å². The van der Waals surface area contributed by atoms with Crippen LogP contribution in [-0.4, -0.2) is 27.0 Å². The standard InChI is InChI=1S/C14H15N3O2S/c1-2-20-12-7-3-6-11(13(12)14(18)19)15-9-10-5-4-8-16-17-10/h3-8,15H,2,9H2,1H3,(H,18,19). The fraction of sp³-hybridized carbons (Fsp3) is 0.214. The maximum Gasteiger partial charge on any atom is 0.338 e. The van der Waals surface area contributed by atoms with Gasteiger partial charge in [0.05, 0.1) is 23.5 Å². The number of carboxylic acids is 1. The minimum absolute atomic E-state index is 0.309. The van der Waals surface area contributed by atoms with E-state index >= 15 is 0 Å². The highest BCUT2D eigenvalue weighted by molar-refractivity contribution is 7.99. The van der Waals surface area contributed by atoms with Gasteiger partial charge in [-0.05, 0) is 30.0 Å². The predicted octanol–water partition coefficient (Wildman–Crippen LogP) is 2.90. The Kier molecular flexibility index (Phi) is 4.95. The molecule has 0 amide bonds. The Bertz CT molecular complexity index is 590. The molecule has 0 aliphatic rings. The average Bonchev–Trinajstić information content (AvgIpc) is 2.46. The van der Waals surface area contributed by atoms with E-state index in [9.17, 15) is 9.90 Å². The summed E-state index contributed by atoms with van der Waals surface area (Å²) in [6.07, 6.45) is 1.60. The largest absolute Gasteiger partial charge is 0.478 e. The Morgan fingerprint density at radius 1 is 1.35 bits per heavy atom. The van der Waals surface area contributed by atoms with Crippen molar-refractivity contribution in [3.63, 3.8) is 0 Å². The summed E-state index contributed by atoms with van der Waals surface area (Å²) in [4.78, 5) is 12.2. The smallest absolute Gasteiger partial charge is 0.338 e. The number of thioether (sulfide) groups is 1. The van der Waals surface area contributed by atoms with Crippen molar-refractivity contribution in [3.8, 4) is 0 Å². The van der Waals surface area contributed by atoms with Crippen LogP contribution in [0.2, 0.25) is 0 Å². The van der Waals surface area contributed by atoms with Crippen LogP contribution in [0.15, 0.2) is 41.4 Å². The lowest BCUT2D eigenvalue weighted by molar-refractivity contribution is 0.0694. The third-order valence-electron chi connectivity index (χ3n) is 2.63. The normalized spacial score (nSPS) is 10.2. The van der Waals surface area contributed by atoms with Crippen LogP contribution >= 0.6 is 11.8 Å². The molecule has 0 bridgehead atoms. The molecule has 0 saturated heterocycles. The van der Waals surface area contributed by atoms with E-state index in [0.29, 0.717) is 17.8 Å². The monoisotopic (exact) mass is 289 g/mol. The van der Waals surface area contributed by atoms with Crippen molar-refractivity contribution < 1.29 is 9.90 Å². The summed E-state index contributed by atoms with van der Waals surface area (Å²) >= 11 is 1.52. The molecule has 0 saturated carbocycles. The molecular formula is C14H15N3O2S. The summed E-state index contributed by atoms with van der Waals surface area (Å²) in [6.45, 7) is 2.43. The first-order valence-corrected chi connectivity index (χ1v) is 7.20. The Hall–Kier alpha value is -2.08. The molecule has 0 fully saturated rings. The molecular weight excluding hydrogens is 274 g/mol. The van der Waals surface area contributed by atoms with Gasteiger partial charge in [-0.1, -0.05) is 13.0 Å². The molecule has 1 aromatic carbocycles. The van der Waals surface area contributed by atoms with E-state index in [2.05, 4.69) is 15.5 Å². The van der Waals surface area contributed by atoms with Gasteiger partial charge in [0.15, 0.2) is 0 Å². The molecule has 2 N–H and O–H groups in total. The van der Waals surface area contributed by atoms with Crippen LogP contribution in [0.4, 0.5) is 5.69 Å². The number of nitrogens with one attached hydrogen (secondary N) is 1. The van der Waals surface area contributed by atoms with Crippen molar-refractivity contribution >= 4 is 23.4 Å². The topological polar surface area (TPSA) is 75.1 Å². The number of rotatable bonds is 6. The number of aromatic carboxylic acids is 1. The van der Waals surface area contributed by atoms with E-state index in [-0.39, 0.29) is 0 Å². The highest BCUT2D eigenvalue weighted by Gasteiger charge is 2.15. The van der Waals surface area contributed by atoms with Crippen molar-refractivity contribution in [2.24, 2.45) is 0 Å². The molecule has 2 rings (SSSR count). The van der Waals surface area contributed by atoms with Crippen molar-refractivity contribution in [2.75, 3.05) is 11.1 Å². The zero-order valence-electron chi connectivity index (χ0n) is 11.0. The SMILES string of the molecule is CCSc1cccc(NCc2cccnn2)c1C(=O)O. The molecule has 0 unspecified atom stereocenters. The Morgan fingerprint density at radius 3 is 2.85 bits per heavy atom. The van der Waals surface area contributed by atoms with Crippen LogP contribution in [-0.2, 0) is 6.54 Å². The first kappa shape index (κ1) is 14.3. The predicted molar refractivity (Wildman–Crippen MR) is 79.2 cm³/mol. The van der Waals surface area contributed by atoms with Crippen LogP contribution in [0.3, 0.4) is 0 Å². The Balaban J connectivity index is 2.22. The first-order valence-electron chi connectivity index (χ1n) is 6.22. The zero-order valence-corrected chi connectivity index (χ0v) is 11.9. The molecule has 0 atom stereocenters. The van der Waals surface area contributed by atoms with Crippen molar-refractivity contribution in [1.29, 1.82) is 0 Å². The minimum atomic E-state index is -0.928. The summed E-state index contributed by atoms with van der Waals surface area (Å²) < 4.78 is 0. The number of hydrogen-bond donors (Lipinski definition) is 2. The maximum atomic E-state index is 11.4. The summed E-state index contributed by atoms with van der Waals surface area (Å²) in [6, 6.07) is 9.07. The number of nitrogens with zero attached hydrogens (tertiary/aromatic N) is 2.